The van der Waals surface area contributed by atoms with Crippen LogP contribution in [0.4, 0.5) is 0 Å². The van der Waals surface area contributed by atoms with E-state index in [4.69, 9.17) is 9.47 Å². The molecule has 0 unspecified atom stereocenters. The van der Waals surface area contributed by atoms with Crippen LogP contribution in [0.25, 0.3) is 0 Å². The summed E-state index contributed by atoms with van der Waals surface area (Å²) < 4.78 is 12.1. The van der Waals surface area contributed by atoms with Crippen molar-refractivity contribution in [2.24, 2.45) is 0 Å². The first-order valence-corrected chi connectivity index (χ1v) is 11.7. The van der Waals surface area contributed by atoms with Gasteiger partial charge >= 0.3 is 5.97 Å². The van der Waals surface area contributed by atoms with Crippen molar-refractivity contribution in [2.45, 2.75) is 90.3 Å². The van der Waals surface area contributed by atoms with Crippen LogP contribution >= 0.6 is 0 Å². The van der Waals surface area contributed by atoms with Gasteiger partial charge in [0.15, 0.2) is 5.78 Å². The van der Waals surface area contributed by atoms with Crippen LogP contribution in [0.15, 0.2) is 46.8 Å². The molecule has 3 aliphatic rings. The highest BCUT2D eigenvalue weighted by Gasteiger charge is 2.41. The van der Waals surface area contributed by atoms with Gasteiger partial charge in [-0.05, 0) is 65.4 Å². The summed E-state index contributed by atoms with van der Waals surface area (Å²) in [6, 6.07) is 7.76. The van der Waals surface area contributed by atoms with Crippen LogP contribution in [0.2, 0.25) is 0 Å². The molecule has 5 heteroatoms. The number of dihydropyridines is 1. The van der Waals surface area contributed by atoms with Crippen molar-refractivity contribution in [1.82, 2.24) is 5.32 Å². The van der Waals surface area contributed by atoms with E-state index >= 15 is 0 Å². The lowest BCUT2D eigenvalue weighted by molar-refractivity contribution is -0.146. The number of carbonyl (C=O) groups is 2. The molecule has 1 atom stereocenters. The number of rotatable bonds is 5. The number of benzene rings is 1. The minimum absolute atomic E-state index is 0.0129. The van der Waals surface area contributed by atoms with Crippen LogP contribution in [-0.4, -0.2) is 24.0 Å². The van der Waals surface area contributed by atoms with Gasteiger partial charge in [-0.1, -0.05) is 24.6 Å². The molecule has 31 heavy (non-hydrogen) atoms. The highest BCUT2D eigenvalue weighted by molar-refractivity contribution is 6.04. The van der Waals surface area contributed by atoms with E-state index in [1.54, 1.807) is 0 Å². The summed E-state index contributed by atoms with van der Waals surface area (Å²) in [5.41, 5.74) is 3.81. The third-order valence-corrected chi connectivity index (χ3v) is 6.41. The lowest BCUT2D eigenvalue weighted by atomic mass is 9.75. The van der Waals surface area contributed by atoms with Crippen LogP contribution in [0.5, 0.6) is 5.75 Å². The monoisotopic (exact) mass is 423 g/mol. The molecule has 1 aromatic rings. The predicted octanol–water partition coefficient (Wildman–Crippen LogP) is 5.32. The molecule has 2 aliphatic carbocycles. The Morgan fingerprint density at radius 1 is 1.06 bits per heavy atom. The zero-order valence-corrected chi connectivity index (χ0v) is 18.8. The molecule has 4 rings (SSSR count). The Balaban J connectivity index is 1.77. The Kier molecular flexibility index (Phi) is 6.49. The van der Waals surface area contributed by atoms with Crippen molar-refractivity contribution in [3.05, 3.63) is 52.4 Å². The molecule has 0 spiro atoms. The summed E-state index contributed by atoms with van der Waals surface area (Å²) in [6.45, 7) is 5.88. The molecule has 1 N–H and O–H groups in total. The molecule has 0 saturated heterocycles. The fraction of sp³-hybridized carbons (Fsp3) is 0.538. The first-order valence-electron chi connectivity index (χ1n) is 11.7. The maximum atomic E-state index is 13.5. The summed E-state index contributed by atoms with van der Waals surface area (Å²) >= 11 is 0. The molecule has 0 amide bonds. The number of esters is 1. The van der Waals surface area contributed by atoms with E-state index in [9.17, 15) is 9.59 Å². The molecule has 0 bridgehead atoms. The van der Waals surface area contributed by atoms with Crippen molar-refractivity contribution in [1.29, 1.82) is 0 Å². The Bertz CT molecular complexity index is 921. The first-order chi connectivity index (χ1) is 15.0. The van der Waals surface area contributed by atoms with Crippen molar-refractivity contribution >= 4 is 11.8 Å². The van der Waals surface area contributed by atoms with Gasteiger partial charge in [-0.25, -0.2) is 4.79 Å². The predicted molar refractivity (Wildman–Crippen MR) is 120 cm³/mol. The molecule has 1 saturated carbocycles. The van der Waals surface area contributed by atoms with Crippen molar-refractivity contribution in [3.63, 3.8) is 0 Å². The van der Waals surface area contributed by atoms with E-state index in [0.29, 0.717) is 23.3 Å². The number of hydrogen-bond acceptors (Lipinski definition) is 5. The topological polar surface area (TPSA) is 64.6 Å². The highest BCUT2D eigenvalue weighted by Crippen LogP contribution is 2.45. The molecule has 0 aromatic heterocycles. The molecule has 1 aliphatic heterocycles. The van der Waals surface area contributed by atoms with Crippen molar-refractivity contribution < 1.29 is 19.1 Å². The number of ether oxygens (including phenoxy) is 2. The normalized spacial score (nSPS) is 22.3. The largest absolute Gasteiger partial charge is 0.491 e. The molecule has 1 fully saturated rings. The Labute approximate surface area is 184 Å². The van der Waals surface area contributed by atoms with E-state index in [1.165, 1.54) is 6.42 Å². The Hall–Kier alpha value is -2.56. The zero-order chi connectivity index (χ0) is 22.0. The van der Waals surface area contributed by atoms with Gasteiger partial charge in [0, 0.05) is 29.0 Å². The number of allylic oxidation sites excluding steroid dienone is 3. The molecular weight excluding hydrogens is 390 g/mol. The fourth-order valence-electron chi connectivity index (χ4n) is 5.04. The van der Waals surface area contributed by atoms with Crippen LogP contribution in [0.1, 0.15) is 83.6 Å². The maximum absolute atomic E-state index is 13.5. The Morgan fingerprint density at radius 3 is 2.55 bits per heavy atom. The van der Waals surface area contributed by atoms with E-state index in [1.807, 2.05) is 45.0 Å². The van der Waals surface area contributed by atoms with Crippen molar-refractivity contribution in [2.75, 3.05) is 0 Å². The van der Waals surface area contributed by atoms with Crippen LogP contribution in [-0.2, 0) is 14.3 Å². The molecule has 166 valence electrons. The quantitative estimate of drug-likeness (QED) is 0.650. The summed E-state index contributed by atoms with van der Waals surface area (Å²) in [5, 5.41) is 3.37. The van der Waals surface area contributed by atoms with Gasteiger partial charge < -0.3 is 14.8 Å². The van der Waals surface area contributed by atoms with Gasteiger partial charge in [-0.3, -0.25) is 4.79 Å². The molecule has 5 nitrogen and oxygen atoms in total. The number of nitrogens with one attached hydrogen (secondary N) is 1. The molecule has 1 aromatic carbocycles. The third-order valence-electron chi connectivity index (χ3n) is 6.41. The van der Waals surface area contributed by atoms with E-state index in [-0.39, 0.29) is 24.0 Å². The zero-order valence-electron chi connectivity index (χ0n) is 18.8. The maximum Gasteiger partial charge on any atom is 0.337 e. The SMILES string of the molecule is CC1=C(C(=O)OC2CCCCC2)[C@H](c2ccccc2OC(C)C)C2=C(CCCC2=O)N1. The summed E-state index contributed by atoms with van der Waals surface area (Å²) in [5.74, 6) is 0.0419. The molecule has 0 radical (unpaired) electrons. The fourth-order valence-corrected chi connectivity index (χ4v) is 5.04. The third kappa shape index (κ3) is 4.56. The van der Waals surface area contributed by atoms with Crippen LogP contribution in [0.3, 0.4) is 0 Å². The molecule has 1 heterocycles. The van der Waals surface area contributed by atoms with Gasteiger partial charge in [-0.2, -0.15) is 0 Å². The van der Waals surface area contributed by atoms with Crippen LogP contribution < -0.4 is 10.1 Å². The van der Waals surface area contributed by atoms with Gasteiger partial charge in [0.2, 0.25) is 0 Å². The van der Waals surface area contributed by atoms with Gasteiger partial charge in [0.25, 0.3) is 0 Å². The average molecular weight is 424 g/mol. The first kappa shape index (κ1) is 21.7. The second-order valence-electron chi connectivity index (χ2n) is 9.14. The smallest absolute Gasteiger partial charge is 0.337 e. The summed E-state index contributed by atoms with van der Waals surface area (Å²) in [7, 11) is 0. The summed E-state index contributed by atoms with van der Waals surface area (Å²) in [4.78, 5) is 26.6. The van der Waals surface area contributed by atoms with E-state index < -0.39 is 5.92 Å². The lowest BCUT2D eigenvalue weighted by Crippen LogP contribution is -2.35. The molecular formula is C26H33NO4. The minimum Gasteiger partial charge on any atom is -0.491 e. The van der Waals surface area contributed by atoms with Gasteiger partial charge in [-0.15, -0.1) is 0 Å². The van der Waals surface area contributed by atoms with E-state index in [0.717, 1.165) is 55.5 Å². The second kappa shape index (κ2) is 9.29. The van der Waals surface area contributed by atoms with Crippen molar-refractivity contribution in [3.8, 4) is 5.75 Å². The van der Waals surface area contributed by atoms with Gasteiger partial charge in [0.1, 0.15) is 11.9 Å². The number of ketones is 1. The standard InChI is InChI=1S/C26H33NO4/c1-16(2)30-22-15-8-7-12-19(22)24-23(26(29)31-18-10-5-4-6-11-18)17(3)27-20-13-9-14-21(28)25(20)24/h7-8,12,15-16,18,24,27H,4-6,9-11,13-14H2,1-3H3/t24-/m0/s1. The second-order valence-corrected chi connectivity index (χ2v) is 9.14. The van der Waals surface area contributed by atoms with Gasteiger partial charge in [0.05, 0.1) is 17.6 Å². The number of carbonyl (C=O) groups excluding carboxylic acids is 2. The van der Waals surface area contributed by atoms with Crippen LogP contribution in [0, 0.1) is 0 Å². The lowest BCUT2D eigenvalue weighted by Gasteiger charge is -2.35. The number of hydrogen-bond donors (Lipinski definition) is 1. The van der Waals surface area contributed by atoms with E-state index in [2.05, 4.69) is 5.32 Å². The number of Topliss-reactive ketones (excluding diaryl/α,β-unsaturated/α-hetero) is 1. The minimum atomic E-state index is -0.463. The Morgan fingerprint density at radius 2 is 1.81 bits per heavy atom. The number of para-hydroxylation sites is 1. The summed E-state index contributed by atoms with van der Waals surface area (Å²) in [6.07, 6.45) is 7.31. The average Bonchev–Trinajstić information content (AvgIpc) is 2.73. The highest BCUT2D eigenvalue weighted by atomic mass is 16.5.